The summed E-state index contributed by atoms with van der Waals surface area (Å²) in [7, 11) is 0. The molecule has 1 atom stereocenters. The molecule has 0 N–H and O–H groups in total. The number of aryl methyl sites for hydroxylation is 2. The van der Waals surface area contributed by atoms with E-state index in [0.29, 0.717) is 11.5 Å². The first-order valence-corrected chi connectivity index (χ1v) is 11.1. The van der Waals surface area contributed by atoms with Gasteiger partial charge in [-0.05, 0) is 73.8 Å². The van der Waals surface area contributed by atoms with Gasteiger partial charge >= 0.3 is 0 Å². The topological polar surface area (TPSA) is 12.9 Å². The van der Waals surface area contributed by atoms with Crippen LogP contribution in [0.15, 0.2) is 54.3 Å². The lowest BCUT2D eigenvalue weighted by Gasteiger charge is -2.18. The minimum absolute atomic E-state index is 0.123. The van der Waals surface area contributed by atoms with Gasteiger partial charge in [0.05, 0.1) is 0 Å². The molecule has 1 aromatic carbocycles. The van der Waals surface area contributed by atoms with Gasteiger partial charge < -0.3 is 0 Å². The predicted molar refractivity (Wildman–Crippen MR) is 121 cm³/mol. The lowest BCUT2D eigenvalue weighted by atomic mass is 9.89. The van der Waals surface area contributed by atoms with Crippen molar-refractivity contribution in [2.45, 2.75) is 72.1 Å². The highest BCUT2D eigenvalue weighted by atomic mass is 19.1. The molecule has 2 heteroatoms. The summed E-state index contributed by atoms with van der Waals surface area (Å²) in [4.78, 5) is 4.89. The van der Waals surface area contributed by atoms with Gasteiger partial charge in [0.2, 0.25) is 0 Å². The minimum Gasteiger partial charge on any atom is -0.261 e. The summed E-state index contributed by atoms with van der Waals surface area (Å²) in [5.41, 5.74) is 6.81. The van der Waals surface area contributed by atoms with E-state index in [0.717, 1.165) is 30.7 Å². The zero-order valence-corrected chi connectivity index (χ0v) is 18.3. The quantitative estimate of drug-likeness (QED) is 0.404. The molecule has 1 aliphatic rings. The van der Waals surface area contributed by atoms with Crippen molar-refractivity contribution in [2.75, 3.05) is 0 Å². The van der Waals surface area contributed by atoms with Crippen LogP contribution >= 0.6 is 0 Å². The smallest absolute Gasteiger partial charge is 0.126 e. The van der Waals surface area contributed by atoms with E-state index >= 15 is 0 Å². The predicted octanol–water partition coefficient (Wildman–Crippen LogP) is 7.48. The number of hydrogen-bond acceptors (Lipinski definition) is 1. The van der Waals surface area contributed by atoms with Crippen LogP contribution in [0.2, 0.25) is 0 Å². The molecule has 0 amide bonds. The fourth-order valence-electron chi connectivity index (χ4n) is 3.89. The van der Waals surface area contributed by atoms with Gasteiger partial charge in [0.1, 0.15) is 5.82 Å². The Balaban J connectivity index is 1.90. The molecule has 0 aliphatic heterocycles. The van der Waals surface area contributed by atoms with Crippen LogP contribution in [0.4, 0.5) is 4.39 Å². The average Bonchev–Trinajstić information content (AvgIpc) is 3.54. The minimum atomic E-state index is -0.123. The van der Waals surface area contributed by atoms with E-state index in [9.17, 15) is 4.39 Å². The van der Waals surface area contributed by atoms with E-state index < -0.39 is 0 Å². The molecule has 1 unspecified atom stereocenters. The number of pyridine rings is 1. The zero-order valence-electron chi connectivity index (χ0n) is 18.3. The van der Waals surface area contributed by atoms with Crippen molar-refractivity contribution in [3.63, 3.8) is 0 Å². The Morgan fingerprint density at radius 2 is 2.07 bits per heavy atom. The molecule has 1 aliphatic carbocycles. The molecule has 3 rings (SSSR count). The third kappa shape index (κ3) is 5.88. The van der Waals surface area contributed by atoms with Crippen LogP contribution < -0.4 is 0 Å². The van der Waals surface area contributed by atoms with Crippen LogP contribution in [0.3, 0.4) is 0 Å². The number of rotatable bonds is 9. The van der Waals surface area contributed by atoms with Gasteiger partial charge in [0.15, 0.2) is 0 Å². The van der Waals surface area contributed by atoms with Crippen molar-refractivity contribution in [2.24, 2.45) is 5.92 Å². The van der Waals surface area contributed by atoms with E-state index in [1.165, 1.54) is 41.7 Å². The van der Waals surface area contributed by atoms with E-state index in [2.05, 4.69) is 44.3 Å². The summed E-state index contributed by atoms with van der Waals surface area (Å²) in [5.74, 6) is 1.09. The van der Waals surface area contributed by atoms with Crippen molar-refractivity contribution in [1.82, 2.24) is 4.98 Å². The Labute approximate surface area is 175 Å². The van der Waals surface area contributed by atoms with Gasteiger partial charge in [-0.3, -0.25) is 4.98 Å². The first-order valence-electron chi connectivity index (χ1n) is 11.1. The molecular weight excluding hydrogens is 357 g/mol. The molecule has 0 saturated heterocycles. The fraction of sp³-hybridized carbons (Fsp3) is 0.444. The Kier molecular flexibility index (Phi) is 7.41. The van der Waals surface area contributed by atoms with Crippen molar-refractivity contribution < 1.29 is 4.39 Å². The molecular formula is C27H34FN. The largest absolute Gasteiger partial charge is 0.261 e. The van der Waals surface area contributed by atoms with Crippen LogP contribution in [0, 0.1) is 18.7 Å². The summed E-state index contributed by atoms with van der Waals surface area (Å²) >= 11 is 0. The van der Waals surface area contributed by atoms with Gasteiger partial charge in [-0.25, -0.2) is 4.39 Å². The van der Waals surface area contributed by atoms with Crippen LogP contribution in [0.1, 0.15) is 80.3 Å². The van der Waals surface area contributed by atoms with E-state index in [4.69, 9.17) is 4.98 Å². The third-order valence-corrected chi connectivity index (χ3v) is 6.17. The SMILES string of the molecule is C/C=C\C=C(\CC)C(C)c1cnc(CCC2CC2)c(Cc2ccc(C)c(F)c2)c1. The molecule has 154 valence electrons. The first-order chi connectivity index (χ1) is 14.0. The Hall–Kier alpha value is -2.22. The van der Waals surface area contributed by atoms with Gasteiger partial charge in [-0.15, -0.1) is 0 Å². The molecule has 1 fully saturated rings. The summed E-state index contributed by atoms with van der Waals surface area (Å²) in [6, 6.07) is 7.92. The summed E-state index contributed by atoms with van der Waals surface area (Å²) in [5, 5.41) is 0. The molecule has 0 spiro atoms. The van der Waals surface area contributed by atoms with Crippen LogP contribution in [0.5, 0.6) is 0 Å². The summed E-state index contributed by atoms with van der Waals surface area (Å²) in [6.45, 7) is 8.32. The second-order valence-electron chi connectivity index (χ2n) is 8.46. The number of nitrogens with zero attached hydrogens (tertiary/aromatic N) is 1. The summed E-state index contributed by atoms with van der Waals surface area (Å²) in [6.07, 6.45) is 15.2. The maximum atomic E-state index is 14.1. The number of hydrogen-bond donors (Lipinski definition) is 0. The van der Waals surface area contributed by atoms with Crippen LogP contribution in [-0.4, -0.2) is 4.98 Å². The monoisotopic (exact) mass is 391 g/mol. The number of allylic oxidation sites excluding steroid dienone is 4. The lowest BCUT2D eigenvalue weighted by Crippen LogP contribution is -2.05. The molecule has 0 radical (unpaired) electrons. The fourth-order valence-corrected chi connectivity index (χ4v) is 3.89. The van der Waals surface area contributed by atoms with E-state index in [1.54, 1.807) is 6.07 Å². The Bertz CT molecular complexity index is 889. The average molecular weight is 392 g/mol. The van der Waals surface area contributed by atoms with Crippen LogP contribution in [0.25, 0.3) is 0 Å². The van der Waals surface area contributed by atoms with E-state index in [1.807, 2.05) is 26.0 Å². The van der Waals surface area contributed by atoms with Gasteiger partial charge in [-0.1, -0.05) is 68.7 Å². The lowest BCUT2D eigenvalue weighted by molar-refractivity contribution is 0.616. The second-order valence-corrected chi connectivity index (χ2v) is 8.46. The Morgan fingerprint density at radius 3 is 2.72 bits per heavy atom. The molecule has 2 aromatic rings. The third-order valence-electron chi connectivity index (χ3n) is 6.17. The van der Waals surface area contributed by atoms with E-state index in [-0.39, 0.29) is 5.82 Å². The highest BCUT2D eigenvalue weighted by Crippen LogP contribution is 2.34. The maximum Gasteiger partial charge on any atom is 0.126 e. The van der Waals surface area contributed by atoms with Gasteiger partial charge in [0.25, 0.3) is 0 Å². The maximum absolute atomic E-state index is 14.1. The first kappa shape index (κ1) is 21.5. The van der Waals surface area contributed by atoms with Crippen molar-refractivity contribution in [3.05, 3.63) is 88.0 Å². The van der Waals surface area contributed by atoms with Crippen molar-refractivity contribution in [1.29, 1.82) is 0 Å². The molecule has 29 heavy (non-hydrogen) atoms. The van der Waals surface area contributed by atoms with Crippen molar-refractivity contribution in [3.8, 4) is 0 Å². The Morgan fingerprint density at radius 1 is 1.28 bits per heavy atom. The molecule has 0 bridgehead atoms. The summed E-state index contributed by atoms with van der Waals surface area (Å²) < 4.78 is 14.1. The number of benzene rings is 1. The molecule has 1 aromatic heterocycles. The molecule has 1 nitrogen and oxygen atoms in total. The number of halogens is 1. The number of aromatic nitrogens is 1. The second kappa shape index (κ2) is 10.0. The zero-order chi connectivity index (χ0) is 20.8. The molecule has 1 heterocycles. The van der Waals surface area contributed by atoms with Crippen LogP contribution in [-0.2, 0) is 12.8 Å². The molecule has 1 saturated carbocycles. The highest BCUT2D eigenvalue weighted by molar-refractivity contribution is 5.37. The normalized spacial score (nSPS) is 15.8. The van der Waals surface area contributed by atoms with Crippen molar-refractivity contribution >= 4 is 0 Å². The highest BCUT2D eigenvalue weighted by Gasteiger charge is 2.22. The van der Waals surface area contributed by atoms with Gasteiger partial charge in [0, 0.05) is 17.8 Å². The van der Waals surface area contributed by atoms with Gasteiger partial charge in [-0.2, -0.15) is 0 Å². The standard InChI is InChI=1S/C27H34FN/c1-5-7-8-23(6-2)20(4)25-17-24(15-22-10-9-19(3)26(28)16-22)27(29-18-25)14-13-21-11-12-21/h5,7-10,16-18,20-21H,6,11-15H2,1-4H3/b7-5-,23-8-.